The second kappa shape index (κ2) is 7.52. The van der Waals surface area contributed by atoms with Crippen molar-refractivity contribution in [1.82, 2.24) is 14.5 Å². The van der Waals surface area contributed by atoms with Crippen LogP contribution >= 0.6 is 0 Å². The number of aryl methyl sites for hydroxylation is 1. The maximum absolute atomic E-state index is 12.2. The number of hydrogen-bond donors (Lipinski definition) is 3. The van der Waals surface area contributed by atoms with Gasteiger partial charge in [-0.1, -0.05) is 13.0 Å². The normalized spacial score (nSPS) is 11.5. The van der Waals surface area contributed by atoms with Crippen molar-refractivity contribution in [3.05, 3.63) is 51.4 Å². The lowest BCUT2D eigenvalue weighted by Crippen LogP contribution is -2.20. The molecule has 0 fully saturated rings. The molecule has 7 nitrogen and oxygen atoms in total. The van der Waals surface area contributed by atoms with Crippen molar-refractivity contribution in [2.24, 2.45) is 7.05 Å². The molecule has 0 spiro atoms. The number of aromatic nitrogens is 2. The SMILES string of the molecule is CCc1c(-c2ccc3c(c2)cc(CCN(C)C)n3C)[nH]c(=O)c(C(=O)O)c1O. The van der Waals surface area contributed by atoms with E-state index in [4.69, 9.17) is 0 Å². The average molecular weight is 383 g/mol. The predicted molar refractivity (Wildman–Crippen MR) is 109 cm³/mol. The fourth-order valence-electron chi connectivity index (χ4n) is 3.56. The van der Waals surface area contributed by atoms with Gasteiger partial charge in [-0.25, -0.2) is 4.79 Å². The topological polar surface area (TPSA) is 98.6 Å². The summed E-state index contributed by atoms with van der Waals surface area (Å²) in [6, 6.07) is 7.93. The summed E-state index contributed by atoms with van der Waals surface area (Å²) in [5.41, 5.74) is 2.46. The zero-order chi connectivity index (χ0) is 20.6. The lowest BCUT2D eigenvalue weighted by molar-refractivity contribution is 0.0691. The summed E-state index contributed by atoms with van der Waals surface area (Å²) >= 11 is 0. The Hall–Kier alpha value is -3.06. The number of carboxylic acids is 1. The number of benzene rings is 1. The Morgan fingerprint density at radius 3 is 2.57 bits per heavy atom. The molecule has 0 bridgehead atoms. The lowest BCUT2D eigenvalue weighted by atomic mass is 9.99. The average Bonchev–Trinajstić information content (AvgIpc) is 2.94. The van der Waals surface area contributed by atoms with Gasteiger partial charge >= 0.3 is 5.97 Å². The molecule has 148 valence electrons. The van der Waals surface area contributed by atoms with Crippen LogP contribution in [0.1, 0.15) is 28.5 Å². The quantitative estimate of drug-likeness (QED) is 0.608. The number of carbonyl (C=O) groups is 1. The molecule has 0 atom stereocenters. The smallest absolute Gasteiger partial charge is 0.345 e. The van der Waals surface area contributed by atoms with Crippen molar-refractivity contribution in [3.8, 4) is 17.0 Å². The first-order chi connectivity index (χ1) is 13.2. The minimum absolute atomic E-state index is 0.388. The minimum Gasteiger partial charge on any atom is -0.506 e. The Balaban J connectivity index is 2.14. The van der Waals surface area contributed by atoms with E-state index < -0.39 is 22.8 Å². The van der Waals surface area contributed by atoms with Crippen LogP contribution in [0.25, 0.3) is 22.2 Å². The molecule has 3 aromatic rings. The fraction of sp³-hybridized carbons (Fsp3) is 0.333. The maximum Gasteiger partial charge on any atom is 0.345 e. The van der Waals surface area contributed by atoms with Crippen LogP contribution in [0.4, 0.5) is 0 Å². The summed E-state index contributed by atoms with van der Waals surface area (Å²) < 4.78 is 2.15. The molecule has 1 aromatic carbocycles. The highest BCUT2D eigenvalue weighted by Gasteiger charge is 2.22. The molecule has 0 aliphatic rings. The van der Waals surface area contributed by atoms with Gasteiger partial charge < -0.3 is 24.7 Å². The van der Waals surface area contributed by atoms with Crippen LogP contribution in [-0.4, -0.2) is 51.3 Å². The van der Waals surface area contributed by atoms with Gasteiger partial charge in [0.05, 0.1) is 5.69 Å². The van der Waals surface area contributed by atoms with Crippen molar-refractivity contribution in [3.63, 3.8) is 0 Å². The molecule has 7 heteroatoms. The molecule has 0 amide bonds. The van der Waals surface area contributed by atoms with Crippen LogP contribution in [-0.2, 0) is 19.9 Å². The Bertz CT molecular complexity index is 1110. The highest BCUT2D eigenvalue weighted by molar-refractivity contribution is 5.92. The first-order valence-electron chi connectivity index (χ1n) is 9.19. The summed E-state index contributed by atoms with van der Waals surface area (Å²) in [5, 5.41) is 20.6. The molecular weight excluding hydrogens is 358 g/mol. The van der Waals surface area contributed by atoms with E-state index in [0.717, 1.165) is 29.4 Å². The first kappa shape index (κ1) is 19.7. The predicted octanol–water partition coefficient (Wildman–Crippen LogP) is 2.60. The summed E-state index contributed by atoms with van der Waals surface area (Å²) in [4.78, 5) is 28.3. The van der Waals surface area contributed by atoms with Gasteiger partial charge in [-0.3, -0.25) is 4.79 Å². The molecule has 0 aliphatic heterocycles. The van der Waals surface area contributed by atoms with Gasteiger partial charge in [0.25, 0.3) is 5.56 Å². The van der Waals surface area contributed by atoms with E-state index >= 15 is 0 Å². The Morgan fingerprint density at radius 2 is 1.96 bits per heavy atom. The molecule has 0 unspecified atom stereocenters. The molecule has 0 saturated carbocycles. The standard InChI is InChI=1S/C21H25N3O4/c1-5-15-18(22-20(26)17(19(15)25)21(27)28)12-6-7-16-13(10-12)11-14(24(16)4)8-9-23(2)3/h6-7,10-11H,5,8-9H2,1-4H3,(H,27,28)(H2,22,25,26). The molecule has 0 saturated heterocycles. The third-order valence-electron chi connectivity index (χ3n) is 5.10. The van der Waals surface area contributed by atoms with Gasteiger partial charge in [0.15, 0.2) is 5.56 Å². The van der Waals surface area contributed by atoms with Crippen LogP contribution in [0.2, 0.25) is 0 Å². The first-order valence-corrected chi connectivity index (χ1v) is 9.19. The van der Waals surface area contributed by atoms with Gasteiger partial charge in [0.2, 0.25) is 0 Å². The van der Waals surface area contributed by atoms with E-state index in [1.807, 2.05) is 46.3 Å². The van der Waals surface area contributed by atoms with Gasteiger partial charge in [-0.05, 0) is 44.3 Å². The summed E-state index contributed by atoms with van der Waals surface area (Å²) in [6.45, 7) is 2.75. The van der Waals surface area contributed by atoms with Crippen molar-refractivity contribution < 1.29 is 15.0 Å². The van der Waals surface area contributed by atoms with E-state index in [9.17, 15) is 19.8 Å². The van der Waals surface area contributed by atoms with Gasteiger partial charge in [-0.2, -0.15) is 0 Å². The number of nitrogens with zero attached hydrogens (tertiary/aromatic N) is 2. The number of rotatable bonds is 6. The largest absolute Gasteiger partial charge is 0.506 e. The number of nitrogens with one attached hydrogen (secondary N) is 1. The van der Waals surface area contributed by atoms with Crippen LogP contribution in [0.15, 0.2) is 29.1 Å². The van der Waals surface area contributed by atoms with Crippen molar-refractivity contribution in [2.75, 3.05) is 20.6 Å². The number of carboxylic acid groups (broad SMARTS) is 1. The van der Waals surface area contributed by atoms with E-state index in [1.54, 1.807) is 0 Å². The van der Waals surface area contributed by atoms with E-state index in [-0.39, 0.29) is 0 Å². The fourth-order valence-corrected chi connectivity index (χ4v) is 3.56. The summed E-state index contributed by atoms with van der Waals surface area (Å²) in [6.07, 6.45) is 1.30. The number of fused-ring (bicyclic) bond motifs is 1. The zero-order valence-corrected chi connectivity index (χ0v) is 16.5. The highest BCUT2D eigenvalue weighted by Crippen LogP contribution is 2.32. The number of pyridine rings is 1. The number of aromatic amines is 1. The lowest BCUT2D eigenvalue weighted by Gasteiger charge is -2.12. The third kappa shape index (κ3) is 3.41. The zero-order valence-electron chi connectivity index (χ0n) is 16.5. The van der Waals surface area contributed by atoms with E-state index in [1.165, 1.54) is 5.69 Å². The Morgan fingerprint density at radius 1 is 1.25 bits per heavy atom. The third-order valence-corrected chi connectivity index (χ3v) is 5.10. The van der Waals surface area contributed by atoms with Crippen molar-refractivity contribution >= 4 is 16.9 Å². The minimum atomic E-state index is -1.44. The second-order valence-corrected chi connectivity index (χ2v) is 7.21. The Kier molecular flexibility index (Phi) is 5.29. The number of likely N-dealkylation sites (N-methyl/N-ethyl adjacent to an activating group) is 1. The van der Waals surface area contributed by atoms with Crippen LogP contribution < -0.4 is 5.56 Å². The molecule has 28 heavy (non-hydrogen) atoms. The number of aromatic carboxylic acids is 1. The molecule has 0 radical (unpaired) electrons. The Labute approximate surface area is 162 Å². The molecule has 2 heterocycles. The molecule has 2 aromatic heterocycles. The number of aromatic hydroxyl groups is 1. The number of H-pyrrole nitrogens is 1. The molecular formula is C21H25N3O4. The summed E-state index contributed by atoms with van der Waals surface area (Å²) in [5.74, 6) is -1.90. The molecule has 0 aliphatic carbocycles. The van der Waals surface area contributed by atoms with E-state index in [0.29, 0.717) is 17.7 Å². The van der Waals surface area contributed by atoms with Gasteiger partial charge in [0, 0.05) is 42.2 Å². The summed E-state index contributed by atoms with van der Waals surface area (Å²) in [7, 11) is 6.10. The maximum atomic E-state index is 12.2. The van der Waals surface area contributed by atoms with Crippen molar-refractivity contribution in [1.29, 1.82) is 0 Å². The second-order valence-electron chi connectivity index (χ2n) is 7.21. The van der Waals surface area contributed by atoms with E-state index in [2.05, 4.69) is 20.5 Å². The van der Waals surface area contributed by atoms with Crippen LogP contribution in [0.5, 0.6) is 5.75 Å². The highest BCUT2D eigenvalue weighted by atomic mass is 16.4. The van der Waals surface area contributed by atoms with Gasteiger partial charge in [-0.15, -0.1) is 0 Å². The molecule has 3 rings (SSSR count). The van der Waals surface area contributed by atoms with Crippen LogP contribution in [0.3, 0.4) is 0 Å². The van der Waals surface area contributed by atoms with Crippen molar-refractivity contribution in [2.45, 2.75) is 19.8 Å². The molecule has 3 N–H and O–H groups in total. The monoisotopic (exact) mass is 383 g/mol. The number of hydrogen-bond acceptors (Lipinski definition) is 4. The van der Waals surface area contributed by atoms with Gasteiger partial charge in [0.1, 0.15) is 5.75 Å². The van der Waals surface area contributed by atoms with Crippen LogP contribution in [0, 0.1) is 0 Å².